The van der Waals surface area contributed by atoms with Crippen LogP contribution in [0.15, 0.2) is 23.2 Å². The number of nitrogens with zero attached hydrogens (tertiary/aromatic N) is 1. The molecular formula is C14H19N. The normalized spacial score (nSPS) is 13.9. The number of benzene rings is 1. The maximum absolute atomic E-state index is 4.41. The lowest BCUT2D eigenvalue weighted by Gasteiger charge is -2.11. The van der Waals surface area contributed by atoms with Crippen molar-refractivity contribution in [3.8, 4) is 0 Å². The van der Waals surface area contributed by atoms with Gasteiger partial charge in [-0.3, -0.25) is 4.99 Å². The first kappa shape index (κ1) is 10.4. The van der Waals surface area contributed by atoms with Crippen LogP contribution in [0.1, 0.15) is 43.7 Å². The second-order valence-corrected chi connectivity index (χ2v) is 4.27. The first-order chi connectivity index (χ1) is 7.40. The van der Waals surface area contributed by atoms with Crippen LogP contribution in [0, 0.1) is 0 Å². The van der Waals surface area contributed by atoms with Crippen LogP contribution in [0.3, 0.4) is 0 Å². The molecule has 15 heavy (non-hydrogen) atoms. The van der Waals surface area contributed by atoms with Gasteiger partial charge in [0.15, 0.2) is 0 Å². The molecule has 0 radical (unpaired) electrons. The van der Waals surface area contributed by atoms with E-state index in [1.54, 1.807) is 0 Å². The van der Waals surface area contributed by atoms with E-state index >= 15 is 0 Å². The lowest BCUT2D eigenvalue weighted by molar-refractivity contribution is 0.717. The van der Waals surface area contributed by atoms with Gasteiger partial charge in [0.2, 0.25) is 0 Å². The molecule has 1 nitrogen and oxygen atoms in total. The maximum atomic E-state index is 4.41. The van der Waals surface area contributed by atoms with Crippen LogP contribution in [-0.4, -0.2) is 6.21 Å². The maximum Gasteiger partial charge on any atom is 0.0657 e. The van der Waals surface area contributed by atoms with Gasteiger partial charge in [0.25, 0.3) is 0 Å². The Bertz CT molecular complexity index is 352. The Morgan fingerprint density at radius 2 is 2.20 bits per heavy atom. The van der Waals surface area contributed by atoms with E-state index in [-0.39, 0.29) is 0 Å². The van der Waals surface area contributed by atoms with Crippen LogP contribution >= 0.6 is 0 Å². The van der Waals surface area contributed by atoms with Gasteiger partial charge >= 0.3 is 0 Å². The van der Waals surface area contributed by atoms with Crippen molar-refractivity contribution in [2.45, 2.75) is 45.4 Å². The Morgan fingerprint density at radius 1 is 1.27 bits per heavy atom. The van der Waals surface area contributed by atoms with Crippen molar-refractivity contribution in [1.29, 1.82) is 0 Å². The van der Waals surface area contributed by atoms with E-state index in [1.807, 2.05) is 6.21 Å². The van der Waals surface area contributed by atoms with Crippen LogP contribution in [0.2, 0.25) is 0 Å². The molecule has 0 aliphatic carbocycles. The fourth-order valence-electron chi connectivity index (χ4n) is 2.08. The van der Waals surface area contributed by atoms with Crippen molar-refractivity contribution in [3.05, 3.63) is 29.3 Å². The summed E-state index contributed by atoms with van der Waals surface area (Å²) >= 11 is 0. The van der Waals surface area contributed by atoms with Gasteiger partial charge in [-0.15, -0.1) is 0 Å². The molecule has 0 amide bonds. The SMILES string of the molecule is CCCCCc1ccc2c(c1)CCC=N2. The summed E-state index contributed by atoms with van der Waals surface area (Å²) in [5.41, 5.74) is 4.10. The zero-order valence-electron chi connectivity index (χ0n) is 9.50. The van der Waals surface area contributed by atoms with Crippen molar-refractivity contribution < 1.29 is 0 Å². The quantitative estimate of drug-likeness (QED) is 0.651. The zero-order valence-corrected chi connectivity index (χ0v) is 9.50. The van der Waals surface area contributed by atoms with Crippen LogP contribution in [0.4, 0.5) is 5.69 Å². The highest BCUT2D eigenvalue weighted by Gasteiger charge is 2.05. The predicted molar refractivity (Wildman–Crippen MR) is 66.1 cm³/mol. The summed E-state index contributed by atoms with van der Waals surface area (Å²) in [5, 5.41) is 0. The molecule has 0 spiro atoms. The smallest absolute Gasteiger partial charge is 0.0657 e. The second kappa shape index (κ2) is 5.11. The van der Waals surface area contributed by atoms with E-state index in [1.165, 1.54) is 48.9 Å². The van der Waals surface area contributed by atoms with E-state index < -0.39 is 0 Å². The predicted octanol–water partition coefficient (Wildman–Crippen LogP) is 4.07. The molecule has 0 atom stereocenters. The molecule has 1 aromatic carbocycles. The van der Waals surface area contributed by atoms with Gasteiger partial charge in [-0.1, -0.05) is 31.9 Å². The highest BCUT2D eigenvalue weighted by molar-refractivity contribution is 5.68. The molecule has 0 unspecified atom stereocenters. The van der Waals surface area contributed by atoms with Gasteiger partial charge in [0.1, 0.15) is 0 Å². The molecule has 0 saturated heterocycles. The van der Waals surface area contributed by atoms with Crippen molar-refractivity contribution >= 4 is 11.9 Å². The number of aryl methyl sites for hydroxylation is 2. The fourth-order valence-corrected chi connectivity index (χ4v) is 2.08. The summed E-state index contributed by atoms with van der Waals surface area (Å²) in [4.78, 5) is 4.41. The Kier molecular flexibility index (Phi) is 3.54. The third kappa shape index (κ3) is 2.68. The Labute approximate surface area is 92.2 Å². The Balaban J connectivity index is 2.04. The summed E-state index contributed by atoms with van der Waals surface area (Å²) in [7, 11) is 0. The zero-order chi connectivity index (χ0) is 10.5. The summed E-state index contributed by atoms with van der Waals surface area (Å²) < 4.78 is 0. The van der Waals surface area contributed by atoms with Crippen molar-refractivity contribution in [2.75, 3.05) is 0 Å². The minimum Gasteiger partial charge on any atom is -0.261 e. The molecule has 1 aliphatic heterocycles. The summed E-state index contributed by atoms with van der Waals surface area (Å²) in [6, 6.07) is 6.75. The van der Waals surface area contributed by atoms with Gasteiger partial charge in [-0.2, -0.15) is 0 Å². The lowest BCUT2D eigenvalue weighted by Crippen LogP contribution is -1.95. The highest BCUT2D eigenvalue weighted by atomic mass is 14.7. The molecule has 1 aromatic rings. The molecule has 1 heterocycles. The van der Waals surface area contributed by atoms with Crippen LogP contribution < -0.4 is 0 Å². The topological polar surface area (TPSA) is 12.4 Å². The molecular weight excluding hydrogens is 182 g/mol. The number of rotatable bonds is 4. The third-order valence-electron chi connectivity index (χ3n) is 2.99. The molecule has 0 N–H and O–H groups in total. The standard InChI is InChI=1S/C14H19N/c1-2-3-4-6-12-8-9-14-13(11-12)7-5-10-15-14/h8-11H,2-7H2,1H3. The van der Waals surface area contributed by atoms with E-state index in [2.05, 4.69) is 30.1 Å². The minimum absolute atomic E-state index is 1.10. The third-order valence-corrected chi connectivity index (χ3v) is 2.99. The molecule has 80 valence electrons. The molecule has 2 rings (SSSR count). The molecule has 0 bridgehead atoms. The molecule has 1 heteroatoms. The van der Waals surface area contributed by atoms with Crippen LogP contribution in [0.25, 0.3) is 0 Å². The van der Waals surface area contributed by atoms with Gasteiger partial charge in [-0.05, 0) is 42.9 Å². The largest absolute Gasteiger partial charge is 0.261 e. The van der Waals surface area contributed by atoms with Crippen molar-refractivity contribution in [3.63, 3.8) is 0 Å². The monoisotopic (exact) mass is 201 g/mol. The minimum atomic E-state index is 1.10. The van der Waals surface area contributed by atoms with Gasteiger partial charge in [-0.25, -0.2) is 0 Å². The van der Waals surface area contributed by atoms with E-state index in [0.717, 1.165) is 6.42 Å². The summed E-state index contributed by atoms with van der Waals surface area (Å²) in [6.45, 7) is 2.25. The van der Waals surface area contributed by atoms with Crippen molar-refractivity contribution in [1.82, 2.24) is 0 Å². The molecule has 0 aromatic heterocycles. The van der Waals surface area contributed by atoms with E-state index in [4.69, 9.17) is 0 Å². The lowest BCUT2D eigenvalue weighted by atomic mass is 9.99. The number of unbranched alkanes of at least 4 members (excludes halogenated alkanes) is 2. The number of fused-ring (bicyclic) bond motifs is 1. The Hall–Kier alpha value is -1.11. The number of hydrogen-bond donors (Lipinski definition) is 0. The number of aliphatic imine (C=N–C) groups is 1. The molecule has 0 fully saturated rings. The molecule has 0 saturated carbocycles. The first-order valence-corrected chi connectivity index (χ1v) is 6.04. The van der Waals surface area contributed by atoms with Gasteiger partial charge < -0.3 is 0 Å². The fraction of sp³-hybridized carbons (Fsp3) is 0.500. The first-order valence-electron chi connectivity index (χ1n) is 6.04. The van der Waals surface area contributed by atoms with Gasteiger partial charge in [0, 0.05) is 6.21 Å². The molecule has 1 aliphatic rings. The van der Waals surface area contributed by atoms with Crippen LogP contribution in [0.5, 0.6) is 0 Å². The van der Waals surface area contributed by atoms with E-state index in [0.29, 0.717) is 0 Å². The number of hydrogen-bond acceptors (Lipinski definition) is 1. The summed E-state index contributed by atoms with van der Waals surface area (Å²) in [6.07, 6.45) is 9.48. The highest BCUT2D eigenvalue weighted by Crippen LogP contribution is 2.25. The Morgan fingerprint density at radius 3 is 3.07 bits per heavy atom. The van der Waals surface area contributed by atoms with E-state index in [9.17, 15) is 0 Å². The average molecular weight is 201 g/mol. The van der Waals surface area contributed by atoms with Crippen molar-refractivity contribution in [2.24, 2.45) is 4.99 Å². The average Bonchev–Trinajstić information content (AvgIpc) is 2.29. The second-order valence-electron chi connectivity index (χ2n) is 4.27. The van der Waals surface area contributed by atoms with Crippen LogP contribution in [-0.2, 0) is 12.8 Å². The summed E-state index contributed by atoms with van der Waals surface area (Å²) in [5.74, 6) is 0. The van der Waals surface area contributed by atoms with Gasteiger partial charge in [0.05, 0.1) is 5.69 Å².